The Morgan fingerprint density at radius 1 is 1.32 bits per heavy atom. The molecule has 1 aromatic rings. The maximum atomic E-state index is 10.0. The van der Waals surface area contributed by atoms with E-state index in [0.29, 0.717) is 11.9 Å². The fourth-order valence-corrected chi connectivity index (χ4v) is 3.45. The predicted octanol–water partition coefficient (Wildman–Crippen LogP) is 1.64. The average Bonchev–Trinajstić information content (AvgIpc) is 3.00. The van der Waals surface area contributed by atoms with Crippen LogP contribution >= 0.6 is 0 Å². The van der Waals surface area contributed by atoms with Crippen LogP contribution in [-0.4, -0.2) is 45.4 Å². The van der Waals surface area contributed by atoms with Crippen LogP contribution in [-0.2, 0) is 5.41 Å². The third kappa shape index (κ3) is 2.41. The Hall–Kier alpha value is -0.940. The number of aliphatic hydroxyl groups is 1. The largest absolute Gasteiger partial charge is 0.391 e. The van der Waals surface area contributed by atoms with Crippen molar-refractivity contribution in [1.82, 2.24) is 15.0 Å². The summed E-state index contributed by atoms with van der Waals surface area (Å²) in [6.45, 7) is 6.10. The Labute approximate surface area is 114 Å². The molecule has 0 radical (unpaired) electrons. The van der Waals surface area contributed by atoms with Gasteiger partial charge in [0.1, 0.15) is 0 Å². The van der Waals surface area contributed by atoms with Gasteiger partial charge in [-0.25, -0.2) is 0 Å². The highest BCUT2D eigenvalue weighted by Crippen LogP contribution is 2.36. The molecule has 0 aromatic carbocycles. The Bertz CT molecular complexity index is 438. The molecule has 106 valence electrons. The van der Waals surface area contributed by atoms with Gasteiger partial charge in [0.25, 0.3) is 0 Å². The van der Waals surface area contributed by atoms with Crippen LogP contribution < -0.4 is 0 Å². The summed E-state index contributed by atoms with van der Waals surface area (Å²) in [4.78, 5) is 6.85. The number of hydrogen-bond donors (Lipinski definition) is 1. The van der Waals surface area contributed by atoms with E-state index in [1.165, 1.54) is 0 Å². The monoisotopic (exact) mass is 265 g/mol. The molecule has 1 aliphatic heterocycles. The van der Waals surface area contributed by atoms with Crippen molar-refractivity contribution in [2.75, 3.05) is 13.1 Å². The second-order valence-corrected chi connectivity index (χ2v) is 6.31. The maximum Gasteiger partial charge on any atom is 0.232 e. The molecular weight excluding hydrogens is 242 g/mol. The minimum Gasteiger partial charge on any atom is -0.391 e. The van der Waals surface area contributed by atoms with Gasteiger partial charge in [-0.2, -0.15) is 4.98 Å². The molecule has 1 aliphatic carbocycles. The first-order valence-electron chi connectivity index (χ1n) is 7.31. The normalized spacial score (nSPS) is 31.7. The first kappa shape index (κ1) is 13.1. The minimum atomic E-state index is -0.130. The lowest BCUT2D eigenvalue weighted by Crippen LogP contribution is -2.48. The van der Waals surface area contributed by atoms with Gasteiger partial charge in [0.2, 0.25) is 5.89 Å². The minimum absolute atomic E-state index is 0.00131. The Morgan fingerprint density at radius 2 is 2.05 bits per heavy atom. The van der Waals surface area contributed by atoms with Crippen molar-refractivity contribution in [2.45, 2.75) is 63.5 Å². The Morgan fingerprint density at radius 3 is 2.58 bits per heavy atom. The molecule has 0 unspecified atom stereocenters. The van der Waals surface area contributed by atoms with E-state index in [2.05, 4.69) is 22.0 Å². The van der Waals surface area contributed by atoms with Gasteiger partial charge in [-0.05, 0) is 52.1 Å². The highest BCUT2D eigenvalue weighted by molar-refractivity contribution is 5.06. The van der Waals surface area contributed by atoms with E-state index in [-0.39, 0.29) is 11.5 Å². The summed E-state index contributed by atoms with van der Waals surface area (Å²) < 4.78 is 5.36. The SMILES string of the molecule is Cc1noc(C2(C)CCN([C@@H]3CCC[C@H]3O)CC2)n1. The zero-order chi connectivity index (χ0) is 13.5. The number of aromatic nitrogens is 2. The molecule has 0 bridgehead atoms. The number of aliphatic hydroxyl groups excluding tert-OH is 1. The van der Waals surface area contributed by atoms with Crippen molar-refractivity contribution in [1.29, 1.82) is 0 Å². The second kappa shape index (κ2) is 4.87. The predicted molar refractivity (Wildman–Crippen MR) is 70.8 cm³/mol. The van der Waals surface area contributed by atoms with E-state index in [1.54, 1.807) is 0 Å². The first-order valence-corrected chi connectivity index (χ1v) is 7.31. The lowest BCUT2D eigenvalue weighted by Gasteiger charge is -2.40. The lowest BCUT2D eigenvalue weighted by atomic mass is 9.79. The van der Waals surface area contributed by atoms with Gasteiger partial charge in [-0.1, -0.05) is 12.1 Å². The summed E-state index contributed by atoms with van der Waals surface area (Å²) in [6.07, 6.45) is 5.17. The molecule has 2 heterocycles. The van der Waals surface area contributed by atoms with Gasteiger partial charge < -0.3 is 9.63 Å². The number of aryl methyl sites for hydroxylation is 1. The van der Waals surface area contributed by atoms with Gasteiger partial charge >= 0.3 is 0 Å². The van der Waals surface area contributed by atoms with Crippen LogP contribution in [0, 0.1) is 6.92 Å². The molecule has 1 N–H and O–H groups in total. The fraction of sp³-hybridized carbons (Fsp3) is 0.857. The smallest absolute Gasteiger partial charge is 0.232 e. The molecule has 2 aliphatic rings. The van der Waals surface area contributed by atoms with Crippen LogP contribution in [0.15, 0.2) is 4.52 Å². The van der Waals surface area contributed by atoms with Crippen molar-refractivity contribution >= 4 is 0 Å². The average molecular weight is 265 g/mol. The molecule has 5 heteroatoms. The highest BCUT2D eigenvalue weighted by atomic mass is 16.5. The zero-order valence-corrected chi connectivity index (χ0v) is 11.8. The Kier molecular flexibility index (Phi) is 3.35. The van der Waals surface area contributed by atoms with E-state index in [4.69, 9.17) is 4.52 Å². The third-order valence-electron chi connectivity index (χ3n) is 4.86. The van der Waals surface area contributed by atoms with Crippen molar-refractivity contribution in [3.8, 4) is 0 Å². The first-order chi connectivity index (χ1) is 9.08. The molecule has 2 fully saturated rings. The lowest BCUT2D eigenvalue weighted by molar-refractivity contribution is 0.0389. The number of piperidine rings is 1. The molecule has 2 atom stereocenters. The van der Waals surface area contributed by atoms with Crippen LogP contribution in [0.3, 0.4) is 0 Å². The van der Waals surface area contributed by atoms with Crippen LogP contribution in [0.4, 0.5) is 0 Å². The van der Waals surface area contributed by atoms with E-state index in [0.717, 1.165) is 51.1 Å². The van der Waals surface area contributed by atoms with Crippen molar-refractivity contribution in [3.63, 3.8) is 0 Å². The van der Waals surface area contributed by atoms with E-state index >= 15 is 0 Å². The summed E-state index contributed by atoms with van der Waals surface area (Å²) in [5, 5.41) is 13.9. The topological polar surface area (TPSA) is 62.4 Å². The summed E-state index contributed by atoms with van der Waals surface area (Å²) in [5.74, 6) is 1.49. The molecule has 3 rings (SSSR count). The van der Waals surface area contributed by atoms with Gasteiger partial charge in [0.15, 0.2) is 5.82 Å². The maximum absolute atomic E-state index is 10.0. The van der Waals surface area contributed by atoms with Crippen molar-refractivity contribution in [3.05, 3.63) is 11.7 Å². The van der Waals surface area contributed by atoms with Crippen LogP contribution in [0.25, 0.3) is 0 Å². The summed E-state index contributed by atoms with van der Waals surface area (Å²) in [6, 6.07) is 0.369. The zero-order valence-electron chi connectivity index (χ0n) is 11.8. The van der Waals surface area contributed by atoms with E-state index in [1.807, 2.05) is 6.92 Å². The second-order valence-electron chi connectivity index (χ2n) is 6.31. The van der Waals surface area contributed by atoms with Gasteiger partial charge in [0.05, 0.1) is 6.10 Å². The molecule has 1 aromatic heterocycles. The quantitative estimate of drug-likeness (QED) is 0.881. The molecule has 0 amide bonds. The fourth-order valence-electron chi connectivity index (χ4n) is 3.45. The van der Waals surface area contributed by atoms with Gasteiger partial charge in [-0.3, -0.25) is 4.90 Å². The van der Waals surface area contributed by atoms with Gasteiger partial charge in [-0.15, -0.1) is 0 Å². The number of nitrogens with zero attached hydrogens (tertiary/aromatic N) is 3. The molecule has 5 nitrogen and oxygen atoms in total. The molecule has 0 spiro atoms. The summed E-state index contributed by atoms with van der Waals surface area (Å²) in [5.41, 5.74) is 0.00131. The Balaban J connectivity index is 1.65. The number of rotatable bonds is 2. The third-order valence-corrected chi connectivity index (χ3v) is 4.86. The molecular formula is C14H23N3O2. The molecule has 1 saturated carbocycles. The number of hydrogen-bond acceptors (Lipinski definition) is 5. The van der Waals surface area contributed by atoms with E-state index < -0.39 is 0 Å². The summed E-state index contributed by atoms with van der Waals surface area (Å²) in [7, 11) is 0. The van der Waals surface area contributed by atoms with E-state index in [9.17, 15) is 5.11 Å². The van der Waals surface area contributed by atoms with Gasteiger partial charge in [0, 0.05) is 11.5 Å². The van der Waals surface area contributed by atoms with Crippen molar-refractivity contribution in [2.24, 2.45) is 0 Å². The van der Waals surface area contributed by atoms with Crippen LogP contribution in [0.2, 0.25) is 0 Å². The van der Waals surface area contributed by atoms with Crippen LogP contribution in [0.1, 0.15) is 50.7 Å². The molecule has 19 heavy (non-hydrogen) atoms. The highest BCUT2D eigenvalue weighted by Gasteiger charge is 2.40. The van der Waals surface area contributed by atoms with Crippen molar-refractivity contribution < 1.29 is 9.63 Å². The standard InChI is InChI=1S/C14H23N3O2/c1-10-15-13(19-16-10)14(2)6-8-17(9-7-14)11-4-3-5-12(11)18/h11-12,18H,3-9H2,1-2H3/t11-,12-/m1/s1. The molecule has 1 saturated heterocycles. The number of likely N-dealkylation sites (tertiary alicyclic amines) is 1. The van der Waals surface area contributed by atoms with Crippen LogP contribution in [0.5, 0.6) is 0 Å². The summed E-state index contributed by atoms with van der Waals surface area (Å²) >= 11 is 0.